The molecular formula is C21H24S. The average molecular weight is 308 g/mol. The summed E-state index contributed by atoms with van der Waals surface area (Å²) in [6, 6.07) is 21.8. The molecule has 0 amide bonds. The van der Waals surface area contributed by atoms with Crippen molar-refractivity contribution in [3.8, 4) is 0 Å². The van der Waals surface area contributed by atoms with Gasteiger partial charge < -0.3 is 0 Å². The third-order valence-corrected chi connectivity index (χ3v) is 5.91. The Hall–Kier alpha value is -1.47. The Morgan fingerprint density at radius 2 is 1.64 bits per heavy atom. The second kappa shape index (κ2) is 7.69. The summed E-state index contributed by atoms with van der Waals surface area (Å²) < 4.78 is 0. The quantitative estimate of drug-likeness (QED) is 0.598. The molecule has 3 rings (SSSR count). The number of hydrogen-bond donors (Lipinski definition) is 0. The van der Waals surface area contributed by atoms with Crippen LogP contribution in [-0.2, 0) is 6.42 Å². The van der Waals surface area contributed by atoms with E-state index in [0.29, 0.717) is 0 Å². The molecule has 2 aromatic carbocycles. The zero-order chi connectivity index (χ0) is 15.2. The van der Waals surface area contributed by atoms with Crippen molar-refractivity contribution in [2.45, 2.75) is 42.8 Å². The van der Waals surface area contributed by atoms with E-state index in [0.717, 1.165) is 11.2 Å². The van der Waals surface area contributed by atoms with Crippen LogP contribution in [0.5, 0.6) is 0 Å². The van der Waals surface area contributed by atoms with Crippen molar-refractivity contribution in [2.24, 2.45) is 5.92 Å². The van der Waals surface area contributed by atoms with E-state index in [1.807, 2.05) is 0 Å². The lowest BCUT2D eigenvalue weighted by molar-refractivity contribution is 0.446. The van der Waals surface area contributed by atoms with Crippen molar-refractivity contribution in [3.63, 3.8) is 0 Å². The van der Waals surface area contributed by atoms with Gasteiger partial charge in [0.2, 0.25) is 0 Å². The Labute approximate surface area is 138 Å². The zero-order valence-corrected chi connectivity index (χ0v) is 14.1. The summed E-state index contributed by atoms with van der Waals surface area (Å²) >= 11 is 2.07. The summed E-state index contributed by atoms with van der Waals surface area (Å²) in [6.07, 6.45) is 7.41. The number of thioether (sulfide) groups is 1. The van der Waals surface area contributed by atoms with Gasteiger partial charge in [0.25, 0.3) is 0 Å². The fourth-order valence-electron chi connectivity index (χ4n) is 3.24. The second-order valence-corrected chi connectivity index (χ2v) is 7.56. The first-order valence-electron chi connectivity index (χ1n) is 8.22. The van der Waals surface area contributed by atoms with Gasteiger partial charge in [-0.3, -0.25) is 0 Å². The normalized spacial score (nSPS) is 21.4. The molecule has 0 bridgehead atoms. The van der Waals surface area contributed by atoms with E-state index >= 15 is 0 Å². The van der Waals surface area contributed by atoms with E-state index in [1.54, 1.807) is 5.57 Å². The summed E-state index contributed by atoms with van der Waals surface area (Å²) in [6.45, 7) is 2.29. The largest absolute Gasteiger partial charge is 0.122 e. The molecule has 0 aliphatic heterocycles. The Morgan fingerprint density at radius 1 is 0.955 bits per heavy atom. The zero-order valence-electron chi connectivity index (χ0n) is 13.2. The van der Waals surface area contributed by atoms with Crippen LogP contribution in [0.4, 0.5) is 0 Å². The maximum absolute atomic E-state index is 2.44. The maximum Gasteiger partial charge on any atom is 0.0160 e. The highest BCUT2D eigenvalue weighted by molar-refractivity contribution is 8.00. The SMILES string of the molecule is CC1=CC[C@H](Sc2ccccc2)[C@@H](CCc2ccccc2)C1. The van der Waals surface area contributed by atoms with Crippen LogP contribution in [-0.4, -0.2) is 5.25 Å². The van der Waals surface area contributed by atoms with Gasteiger partial charge in [0.15, 0.2) is 0 Å². The second-order valence-electron chi connectivity index (χ2n) is 6.24. The Kier molecular flexibility index (Phi) is 5.39. The number of allylic oxidation sites excluding steroid dienone is 2. The molecule has 0 fully saturated rings. The Morgan fingerprint density at radius 3 is 2.36 bits per heavy atom. The predicted octanol–water partition coefficient (Wildman–Crippen LogP) is 6.14. The highest BCUT2D eigenvalue weighted by Gasteiger charge is 2.25. The van der Waals surface area contributed by atoms with Crippen molar-refractivity contribution < 1.29 is 0 Å². The van der Waals surface area contributed by atoms with Gasteiger partial charge in [-0.25, -0.2) is 0 Å². The fraction of sp³-hybridized carbons (Fsp3) is 0.333. The minimum atomic E-state index is 0.717. The number of hydrogen-bond acceptors (Lipinski definition) is 1. The Balaban J connectivity index is 1.65. The van der Waals surface area contributed by atoms with Gasteiger partial charge in [0.05, 0.1) is 0 Å². The monoisotopic (exact) mass is 308 g/mol. The highest BCUT2D eigenvalue weighted by Crippen LogP contribution is 2.39. The summed E-state index contributed by atoms with van der Waals surface area (Å²) in [5, 5.41) is 0.717. The van der Waals surface area contributed by atoms with Crippen LogP contribution in [0.1, 0.15) is 31.7 Å². The molecule has 2 atom stereocenters. The number of aryl methyl sites for hydroxylation is 1. The molecule has 0 heterocycles. The molecule has 0 unspecified atom stereocenters. The fourth-order valence-corrected chi connectivity index (χ4v) is 4.52. The van der Waals surface area contributed by atoms with Gasteiger partial charge in [-0.05, 0) is 56.2 Å². The van der Waals surface area contributed by atoms with Gasteiger partial charge >= 0.3 is 0 Å². The third-order valence-electron chi connectivity index (χ3n) is 4.49. The molecule has 114 valence electrons. The van der Waals surface area contributed by atoms with Gasteiger partial charge in [0.1, 0.15) is 0 Å². The van der Waals surface area contributed by atoms with Crippen LogP contribution < -0.4 is 0 Å². The first-order valence-corrected chi connectivity index (χ1v) is 9.10. The molecule has 0 saturated heterocycles. The van der Waals surface area contributed by atoms with Crippen LogP contribution in [0, 0.1) is 5.92 Å². The van der Waals surface area contributed by atoms with Crippen LogP contribution in [0.3, 0.4) is 0 Å². The van der Waals surface area contributed by atoms with Crippen LogP contribution >= 0.6 is 11.8 Å². The lowest BCUT2D eigenvalue weighted by Crippen LogP contribution is -2.21. The molecule has 0 radical (unpaired) electrons. The van der Waals surface area contributed by atoms with Crippen molar-refractivity contribution in [1.82, 2.24) is 0 Å². The number of rotatable bonds is 5. The molecule has 1 heteroatoms. The topological polar surface area (TPSA) is 0 Å². The lowest BCUT2D eigenvalue weighted by atomic mass is 9.85. The van der Waals surface area contributed by atoms with Crippen molar-refractivity contribution in [1.29, 1.82) is 0 Å². The van der Waals surface area contributed by atoms with E-state index in [4.69, 9.17) is 0 Å². The minimum Gasteiger partial charge on any atom is -0.122 e. The lowest BCUT2D eigenvalue weighted by Gasteiger charge is -2.30. The van der Waals surface area contributed by atoms with Crippen LogP contribution in [0.25, 0.3) is 0 Å². The first-order chi connectivity index (χ1) is 10.8. The van der Waals surface area contributed by atoms with Crippen LogP contribution in [0.2, 0.25) is 0 Å². The first kappa shape index (κ1) is 15.4. The standard InChI is InChI=1S/C21H24S/c1-17-12-15-21(22-20-10-6-3-7-11-20)19(16-17)14-13-18-8-4-2-5-9-18/h2-12,19,21H,13-16H2,1H3/t19-,21-/m0/s1. The number of benzene rings is 2. The molecule has 22 heavy (non-hydrogen) atoms. The molecule has 0 nitrogen and oxygen atoms in total. The van der Waals surface area contributed by atoms with E-state index < -0.39 is 0 Å². The molecule has 1 aliphatic carbocycles. The maximum atomic E-state index is 2.44. The van der Waals surface area contributed by atoms with Crippen molar-refractivity contribution in [2.75, 3.05) is 0 Å². The Bertz CT molecular complexity index is 600. The molecule has 0 N–H and O–H groups in total. The summed E-state index contributed by atoms with van der Waals surface area (Å²) in [4.78, 5) is 1.41. The average Bonchev–Trinajstić information content (AvgIpc) is 2.57. The molecule has 0 saturated carbocycles. The van der Waals surface area contributed by atoms with E-state index in [2.05, 4.69) is 85.4 Å². The summed E-state index contributed by atoms with van der Waals surface area (Å²) in [5.41, 5.74) is 3.04. The summed E-state index contributed by atoms with van der Waals surface area (Å²) in [7, 11) is 0. The van der Waals surface area contributed by atoms with Gasteiger partial charge in [0, 0.05) is 10.1 Å². The van der Waals surface area contributed by atoms with Crippen molar-refractivity contribution >= 4 is 11.8 Å². The molecule has 2 aromatic rings. The molecular weight excluding hydrogens is 284 g/mol. The predicted molar refractivity (Wildman–Crippen MR) is 97.3 cm³/mol. The van der Waals surface area contributed by atoms with E-state index in [9.17, 15) is 0 Å². The van der Waals surface area contributed by atoms with E-state index in [1.165, 1.54) is 36.1 Å². The van der Waals surface area contributed by atoms with Gasteiger partial charge in [-0.1, -0.05) is 60.2 Å². The molecule has 1 aliphatic rings. The molecule has 0 aromatic heterocycles. The van der Waals surface area contributed by atoms with Crippen molar-refractivity contribution in [3.05, 3.63) is 77.9 Å². The summed E-state index contributed by atoms with van der Waals surface area (Å²) in [5.74, 6) is 0.787. The highest BCUT2D eigenvalue weighted by atomic mass is 32.2. The minimum absolute atomic E-state index is 0.717. The molecule has 0 spiro atoms. The van der Waals surface area contributed by atoms with Gasteiger partial charge in [-0.15, -0.1) is 11.8 Å². The van der Waals surface area contributed by atoms with Gasteiger partial charge in [-0.2, -0.15) is 0 Å². The smallest absolute Gasteiger partial charge is 0.0160 e. The van der Waals surface area contributed by atoms with Crippen LogP contribution in [0.15, 0.2) is 77.2 Å². The van der Waals surface area contributed by atoms with E-state index in [-0.39, 0.29) is 0 Å². The third kappa shape index (κ3) is 4.27.